The molecule has 1 atom stereocenters. The predicted octanol–water partition coefficient (Wildman–Crippen LogP) is 6.80. The highest BCUT2D eigenvalue weighted by atomic mass is 35.5. The minimum absolute atomic E-state index is 0.0521. The lowest BCUT2D eigenvalue weighted by atomic mass is 9.62. The minimum Gasteiger partial charge on any atom is -0.489 e. The van der Waals surface area contributed by atoms with Gasteiger partial charge >= 0.3 is 5.97 Å². The molecule has 3 rings (SSSR count). The van der Waals surface area contributed by atoms with Crippen LogP contribution in [0, 0.1) is 17.2 Å². The zero-order valence-electron chi connectivity index (χ0n) is 20.2. The van der Waals surface area contributed by atoms with Gasteiger partial charge in [-0.3, -0.25) is 9.59 Å². The number of hydrogen-bond acceptors (Lipinski definition) is 4. The Hall–Kier alpha value is -2.08. The van der Waals surface area contributed by atoms with Crippen LogP contribution in [0.5, 0.6) is 5.75 Å². The molecule has 1 unspecified atom stereocenters. The van der Waals surface area contributed by atoms with Gasteiger partial charge in [-0.05, 0) is 69.9 Å². The molecule has 1 aromatic carbocycles. The number of aromatic nitrogens is 1. The summed E-state index contributed by atoms with van der Waals surface area (Å²) in [5.74, 6) is -0.0139. The van der Waals surface area contributed by atoms with Gasteiger partial charge in [-0.1, -0.05) is 38.3 Å². The van der Waals surface area contributed by atoms with Crippen LogP contribution < -0.4 is 10.3 Å². The normalized spacial score (nSPS) is 22.2. The highest BCUT2D eigenvalue weighted by Gasteiger charge is 2.41. The molecule has 1 aliphatic rings. The Balaban J connectivity index is 1.71. The smallest absolute Gasteiger partial charge is 0.306 e. The van der Waals surface area contributed by atoms with Crippen molar-refractivity contribution < 1.29 is 18.7 Å². The quantitative estimate of drug-likeness (QED) is 0.443. The number of H-pyrrole nitrogens is 1. The summed E-state index contributed by atoms with van der Waals surface area (Å²) < 4.78 is 26.0. The zero-order chi connectivity index (χ0) is 24.4. The third kappa shape index (κ3) is 5.89. The fourth-order valence-corrected chi connectivity index (χ4v) is 5.41. The van der Waals surface area contributed by atoms with Crippen LogP contribution in [-0.2, 0) is 9.53 Å². The number of halogens is 2. The van der Waals surface area contributed by atoms with Gasteiger partial charge in [-0.2, -0.15) is 0 Å². The Labute approximate surface area is 200 Å². The first-order valence-electron chi connectivity index (χ1n) is 11.9. The van der Waals surface area contributed by atoms with E-state index in [1.165, 1.54) is 12.1 Å². The van der Waals surface area contributed by atoms with Gasteiger partial charge in [0.05, 0.1) is 16.5 Å². The topological polar surface area (TPSA) is 68.4 Å². The van der Waals surface area contributed by atoms with Crippen LogP contribution in [0.4, 0.5) is 4.39 Å². The average molecular weight is 480 g/mol. The molecule has 1 heterocycles. The molecule has 0 radical (unpaired) electrons. The molecule has 1 saturated carbocycles. The van der Waals surface area contributed by atoms with Crippen molar-refractivity contribution in [2.45, 2.75) is 91.3 Å². The molecule has 182 valence electrons. The van der Waals surface area contributed by atoms with Crippen molar-refractivity contribution in [2.24, 2.45) is 11.3 Å². The number of carbonyl (C=O) groups is 1. The molecule has 1 aliphatic carbocycles. The summed E-state index contributed by atoms with van der Waals surface area (Å²) in [6, 6.07) is 2.97. The number of rotatable bonds is 7. The maximum atomic E-state index is 14.2. The van der Waals surface area contributed by atoms with Crippen molar-refractivity contribution in [3.05, 3.63) is 39.5 Å². The molecule has 5 nitrogen and oxygen atoms in total. The predicted molar refractivity (Wildman–Crippen MR) is 129 cm³/mol. The van der Waals surface area contributed by atoms with Gasteiger partial charge in [-0.15, -0.1) is 0 Å². The summed E-state index contributed by atoms with van der Waals surface area (Å²) in [5, 5.41) is 0.691. The Morgan fingerprint density at radius 3 is 2.48 bits per heavy atom. The highest BCUT2D eigenvalue weighted by Crippen LogP contribution is 2.49. The molecule has 33 heavy (non-hydrogen) atoms. The molecule has 2 aromatic rings. The first-order valence-corrected chi connectivity index (χ1v) is 12.2. The van der Waals surface area contributed by atoms with E-state index in [-0.39, 0.29) is 39.7 Å². The number of fused-ring (bicyclic) bond motifs is 1. The minimum atomic E-state index is -0.521. The van der Waals surface area contributed by atoms with Crippen LogP contribution in [0.25, 0.3) is 10.8 Å². The lowest BCUT2D eigenvalue weighted by Crippen LogP contribution is -2.39. The Morgan fingerprint density at radius 2 is 1.91 bits per heavy atom. The maximum absolute atomic E-state index is 14.2. The first kappa shape index (κ1) is 25.5. The van der Waals surface area contributed by atoms with E-state index >= 15 is 0 Å². The van der Waals surface area contributed by atoms with Crippen LogP contribution in [-0.4, -0.2) is 22.7 Å². The highest BCUT2D eigenvalue weighted by molar-refractivity contribution is 6.32. The van der Waals surface area contributed by atoms with Gasteiger partial charge in [0.25, 0.3) is 5.56 Å². The Morgan fingerprint density at radius 1 is 1.24 bits per heavy atom. The van der Waals surface area contributed by atoms with Crippen molar-refractivity contribution in [3.8, 4) is 5.75 Å². The molecule has 0 aliphatic heterocycles. The van der Waals surface area contributed by atoms with Crippen molar-refractivity contribution in [2.75, 3.05) is 0 Å². The molecule has 1 N–H and O–H groups in total. The summed E-state index contributed by atoms with van der Waals surface area (Å²) in [6.45, 7) is 10.0. The standard InChI is InChI=1S/C26H35ClFNO4/c1-6-16(12-23(30)33-25(3,4)5)26(7-2)10-8-17(9-11-26)32-22-14-18-19(13-20(22)27)24(31)29-15-21(18)28/h13-17H,6-12H2,1-5H3,(H,29,31). The largest absolute Gasteiger partial charge is 0.489 e. The molecule has 1 aromatic heterocycles. The second kappa shape index (κ2) is 10.0. The van der Waals surface area contributed by atoms with Crippen molar-refractivity contribution >= 4 is 28.3 Å². The second-order valence-electron chi connectivity index (χ2n) is 10.2. The van der Waals surface area contributed by atoms with E-state index in [1.807, 2.05) is 20.8 Å². The van der Waals surface area contributed by atoms with E-state index in [0.717, 1.165) is 44.7 Å². The SMILES string of the molecule is CCC(CC(=O)OC(C)(C)C)C1(CC)CCC(Oc2cc3c(F)c[nH]c(=O)c3cc2Cl)CC1. The number of carbonyl (C=O) groups excluding carboxylic acids is 1. The third-order valence-corrected chi connectivity index (χ3v) is 7.32. The lowest BCUT2D eigenvalue weighted by molar-refractivity contribution is -0.157. The van der Waals surface area contributed by atoms with Crippen LogP contribution in [0.2, 0.25) is 5.02 Å². The maximum Gasteiger partial charge on any atom is 0.306 e. The molecule has 7 heteroatoms. The summed E-state index contributed by atoms with van der Waals surface area (Å²) in [6.07, 6.45) is 6.86. The average Bonchev–Trinajstić information content (AvgIpc) is 2.75. The van der Waals surface area contributed by atoms with Gasteiger partial charge < -0.3 is 14.5 Å². The monoisotopic (exact) mass is 479 g/mol. The molecule has 0 amide bonds. The third-order valence-electron chi connectivity index (χ3n) is 7.02. The van der Waals surface area contributed by atoms with E-state index in [0.29, 0.717) is 17.2 Å². The van der Waals surface area contributed by atoms with E-state index in [9.17, 15) is 14.0 Å². The summed E-state index contributed by atoms with van der Waals surface area (Å²) in [4.78, 5) is 26.9. The van der Waals surface area contributed by atoms with Gasteiger partial charge in [-0.25, -0.2) is 4.39 Å². The van der Waals surface area contributed by atoms with Crippen LogP contribution >= 0.6 is 11.6 Å². The summed E-state index contributed by atoms with van der Waals surface area (Å²) in [5.41, 5.74) is -0.803. The molecule has 0 saturated heterocycles. The Kier molecular flexibility index (Phi) is 7.77. The van der Waals surface area contributed by atoms with Gasteiger partial charge in [0.2, 0.25) is 0 Å². The van der Waals surface area contributed by atoms with Crippen molar-refractivity contribution in [1.82, 2.24) is 4.98 Å². The summed E-state index contributed by atoms with van der Waals surface area (Å²) >= 11 is 6.36. The fourth-order valence-electron chi connectivity index (χ4n) is 5.21. The number of esters is 1. The molecule has 0 spiro atoms. The van der Waals surface area contributed by atoms with Crippen LogP contribution in [0.1, 0.15) is 79.6 Å². The van der Waals surface area contributed by atoms with Gasteiger partial charge in [0, 0.05) is 18.0 Å². The molecular weight excluding hydrogens is 445 g/mol. The Bertz CT molecular complexity index is 1050. The number of nitrogens with one attached hydrogen (secondary N) is 1. The van der Waals surface area contributed by atoms with Gasteiger partial charge in [0.15, 0.2) is 0 Å². The van der Waals surface area contributed by atoms with E-state index in [2.05, 4.69) is 18.8 Å². The molecule has 0 bridgehead atoms. The van der Waals surface area contributed by atoms with Crippen molar-refractivity contribution in [3.63, 3.8) is 0 Å². The van der Waals surface area contributed by atoms with Crippen LogP contribution in [0.15, 0.2) is 23.1 Å². The first-order chi connectivity index (χ1) is 15.5. The lowest BCUT2D eigenvalue weighted by Gasteiger charge is -2.45. The van der Waals surface area contributed by atoms with Crippen molar-refractivity contribution in [1.29, 1.82) is 0 Å². The van der Waals surface area contributed by atoms with Crippen LogP contribution in [0.3, 0.4) is 0 Å². The number of pyridine rings is 1. The number of benzene rings is 1. The fraction of sp³-hybridized carbons (Fsp3) is 0.615. The molecule has 1 fully saturated rings. The number of ether oxygens (including phenoxy) is 2. The molecular formula is C26H35ClFNO4. The summed E-state index contributed by atoms with van der Waals surface area (Å²) in [7, 11) is 0. The van der Waals surface area contributed by atoms with E-state index in [4.69, 9.17) is 21.1 Å². The van der Waals surface area contributed by atoms with E-state index in [1.54, 1.807) is 0 Å². The zero-order valence-corrected chi connectivity index (χ0v) is 21.0. The number of aromatic amines is 1. The number of hydrogen-bond donors (Lipinski definition) is 1. The second-order valence-corrected chi connectivity index (χ2v) is 10.6. The van der Waals surface area contributed by atoms with Gasteiger partial charge in [0.1, 0.15) is 17.2 Å². The van der Waals surface area contributed by atoms with E-state index < -0.39 is 11.4 Å².